The minimum absolute atomic E-state index is 0.0459. The minimum atomic E-state index is -0.286. The van der Waals surface area contributed by atoms with Crippen molar-refractivity contribution in [2.24, 2.45) is 5.92 Å². The van der Waals surface area contributed by atoms with Crippen molar-refractivity contribution in [3.05, 3.63) is 54.2 Å². The number of amides is 2. The molecular weight excluding hydrogens is 363 g/mol. The van der Waals surface area contributed by atoms with Gasteiger partial charge < -0.3 is 19.4 Å². The third-order valence-electron chi connectivity index (χ3n) is 4.84. The highest BCUT2D eigenvalue weighted by Crippen LogP contribution is 2.19. The first kappa shape index (κ1) is 19.9. The molecule has 1 N–H and O–H groups in total. The van der Waals surface area contributed by atoms with Crippen molar-refractivity contribution in [1.29, 1.82) is 0 Å². The lowest BCUT2D eigenvalue weighted by Gasteiger charge is -2.30. The predicted molar refractivity (Wildman–Crippen MR) is 101 cm³/mol. The molecule has 0 saturated carbocycles. The predicted octanol–water partition coefficient (Wildman–Crippen LogP) is 3.25. The summed E-state index contributed by atoms with van der Waals surface area (Å²) in [5, 5.41) is 2.96. The van der Waals surface area contributed by atoms with Crippen molar-refractivity contribution in [1.82, 2.24) is 10.2 Å². The Labute approximate surface area is 163 Å². The molecule has 1 fully saturated rings. The number of nitrogens with one attached hydrogen (secondary N) is 1. The van der Waals surface area contributed by atoms with E-state index >= 15 is 0 Å². The maximum atomic E-state index is 12.8. The highest BCUT2D eigenvalue weighted by molar-refractivity contribution is 5.91. The Bertz CT molecular complexity index is 753. The second-order valence-electron chi connectivity index (χ2n) is 6.84. The van der Waals surface area contributed by atoms with Gasteiger partial charge in [0.15, 0.2) is 5.76 Å². The zero-order valence-corrected chi connectivity index (χ0v) is 15.7. The fourth-order valence-electron chi connectivity index (χ4n) is 3.20. The molecule has 0 aliphatic carbocycles. The second-order valence-corrected chi connectivity index (χ2v) is 6.84. The molecule has 1 aromatic heterocycles. The van der Waals surface area contributed by atoms with Crippen LogP contribution in [-0.2, 0) is 4.79 Å². The van der Waals surface area contributed by atoms with E-state index in [-0.39, 0.29) is 23.5 Å². The third-order valence-corrected chi connectivity index (χ3v) is 4.84. The highest BCUT2D eigenvalue weighted by atomic mass is 19.1. The van der Waals surface area contributed by atoms with Crippen molar-refractivity contribution in [2.75, 3.05) is 26.2 Å². The molecule has 0 radical (unpaired) electrons. The van der Waals surface area contributed by atoms with E-state index < -0.39 is 0 Å². The molecule has 0 spiro atoms. The van der Waals surface area contributed by atoms with Gasteiger partial charge in [-0.3, -0.25) is 9.59 Å². The van der Waals surface area contributed by atoms with Gasteiger partial charge >= 0.3 is 0 Å². The van der Waals surface area contributed by atoms with E-state index in [1.165, 1.54) is 18.4 Å². The Morgan fingerprint density at radius 3 is 2.57 bits per heavy atom. The van der Waals surface area contributed by atoms with Gasteiger partial charge in [0.1, 0.15) is 11.6 Å². The van der Waals surface area contributed by atoms with E-state index in [4.69, 9.17) is 9.15 Å². The fourth-order valence-corrected chi connectivity index (χ4v) is 3.20. The highest BCUT2D eigenvalue weighted by Gasteiger charge is 2.28. The summed E-state index contributed by atoms with van der Waals surface area (Å²) in [5.74, 6) is 0.559. The molecule has 1 saturated heterocycles. The second kappa shape index (κ2) is 9.92. The van der Waals surface area contributed by atoms with Gasteiger partial charge in [-0.25, -0.2) is 4.39 Å². The quantitative estimate of drug-likeness (QED) is 0.705. The van der Waals surface area contributed by atoms with Crippen LogP contribution in [0.5, 0.6) is 5.75 Å². The van der Waals surface area contributed by atoms with Crippen LogP contribution in [0.3, 0.4) is 0 Å². The number of carbonyl (C=O) groups excluding carboxylic acids is 2. The van der Waals surface area contributed by atoms with Gasteiger partial charge in [0, 0.05) is 25.6 Å². The van der Waals surface area contributed by atoms with Crippen molar-refractivity contribution >= 4 is 11.8 Å². The summed E-state index contributed by atoms with van der Waals surface area (Å²) in [5.41, 5.74) is 0. The van der Waals surface area contributed by atoms with E-state index in [0.29, 0.717) is 50.6 Å². The number of halogens is 1. The zero-order chi connectivity index (χ0) is 19.8. The number of ether oxygens (including phenoxy) is 1. The Hall–Kier alpha value is -2.83. The molecule has 6 nitrogen and oxygen atoms in total. The molecule has 0 unspecified atom stereocenters. The van der Waals surface area contributed by atoms with Gasteiger partial charge in [0.2, 0.25) is 5.91 Å². The molecule has 150 valence electrons. The number of likely N-dealkylation sites (tertiary alicyclic amines) is 1. The normalized spacial score (nSPS) is 14.7. The van der Waals surface area contributed by atoms with Crippen LogP contribution in [0.1, 0.15) is 36.2 Å². The summed E-state index contributed by atoms with van der Waals surface area (Å²) in [6.07, 6.45) is 4.41. The van der Waals surface area contributed by atoms with Crippen LogP contribution < -0.4 is 10.1 Å². The maximum absolute atomic E-state index is 12.8. The standard InChI is InChI=1S/C21H25FN2O4/c22-17-5-7-18(8-6-17)27-14-2-1-11-23-20(25)16-9-12-24(13-10-16)21(26)19-4-3-15-28-19/h3-8,15-16H,1-2,9-14H2,(H,23,25). The summed E-state index contributed by atoms with van der Waals surface area (Å²) in [6, 6.07) is 9.27. The summed E-state index contributed by atoms with van der Waals surface area (Å²) in [6.45, 7) is 2.23. The van der Waals surface area contributed by atoms with Gasteiger partial charge in [0.05, 0.1) is 12.9 Å². The lowest BCUT2D eigenvalue weighted by molar-refractivity contribution is -0.126. The minimum Gasteiger partial charge on any atom is -0.494 e. The van der Waals surface area contributed by atoms with Gasteiger partial charge in [-0.2, -0.15) is 0 Å². The van der Waals surface area contributed by atoms with Gasteiger partial charge in [-0.15, -0.1) is 0 Å². The van der Waals surface area contributed by atoms with Crippen LogP contribution in [0, 0.1) is 11.7 Å². The number of unbranched alkanes of at least 4 members (excludes halogenated alkanes) is 1. The molecule has 1 aliphatic rings. The average molecular weight is 388 g/mol. The molecule has 2 amide bonds. The van der Waals surface area contributed by atoms with Crippen LogP contribution in [0.15, 0.2) is 47.1 Å². The summed E-state index contributed by atoms with van der Waals surface area (Å²) >= 11 is 0. The van der Waals surface area contributed by atoms with E-state index in [0.717, 1.165) is 12.8 Å². The number of piperidine rings is 1. The molecular formula is C21H25FN2O4. The number of hydrogen-bond donors (Lipinski definition) is 1. The van der Waals surface area contributed by atoms with Crippen LogP contribution in [0.4, 0.5) is 4.39 Å². The molecule has 1 aromatic carbocycles. The number of benzene rings is 1. The Morgan fingerprint density at radius 1 is 1.14 bits per heavy atom. The van der Waals surface area contributed by atoms with Gasteiger partial charge in [-0.1, -0.05) is 0 Å². The Morgan fingerprint density at radius 2 is 1.89 bits per heavy atom. The first-order chi connectivity index (χ1) is 13.6. The van der Waals surface area contributed by atoms with Crippen molar-refractivity contribution in [3.63, 3.8) is 0 Å². The van der Waals surface area contributed by atoms with Gasteiger partial charge in [0.25, 0.3) is 5.91 Å². The van der Waals surface area contributed by atoms with Crippen molar-refractivity contribution < 1.29 is 23.1 Å². The molecule has 2 aromatic rings. The zero-order valence-electron chi connectivity index (χ0n) is 15.7. The molecule has 2 heterocycles. The van der Waals surface area contributed by atoms with E-state index in [9.17, 15) is 14.0 Å². The average Bonchev–Trinajstić information content (AvgIpc) is 3.26. The summed E-state index contributed by atoms with van der Waals surface area (Å²) in [4.78, 5) is 26.3. The molecule has 28 heavy (non-hydrogen) atoms. The summed E-state index contributed by atoms with van der Waals surface area (Å²) in [7, 11) is 0. The van der Waals surface area contributed by atoms with Crippen molar-refractivity contribution in [2.45, 2.75) is 25.7 Å². The lowest BCUT2D eigenvalue weighted by atomic mass is 9.95. The first-order valence-corrected chi connectivity index (χ1v) is 9.62. The molecule has 7 heteroatoms. The maximum Gasteiger partial charge on any atom is 0.289 e. The SMILES string of the molecule is O=C(NCCCCOc1ccc(F)cc1)C1CCN(C(=O)c2ccco2)CC1. The third kappa shape index (κ3) is 5.58. The van der Waals surface area contributed by atoms with Crippen molar-refractivity contribution in [3.8, 4) is 5.75 Å². The summed E-state index contributed by atoms with van der Waals surface area (Å²) < 4.78 is 23.5. The number of hydrogen-bond acceptors (Lipinski definition) is 4. The van der Waals surface area contributed by atoms with Crippen LogP contribution in [-0.4, -0.2) is 43.0 Å². The van der Waals surface area contributed by atoms with Gasteiger partial charge in [-0.05, 0) is 62.1 Å². The topological polar surface area (TPSA) is 71.8 Å². The first-order valence-electron chi connectivity index (χ1n) is 9.62. The van der Waals surface area contributed by atoms with E-state index in [1.54, 1.807) is 29.2 Å². The molecule has 0 atom stereocenters. The Kier molecular flexibility index (Phi) is 7.06. The number of nitrogens with zero attached hydrogens (tertiary/aromatic N) is 1. The molecule has 1 aliphatic heterocycles. The molecule has 3 rings (SSSR count). The number of carbonyl (C=O) groups is 2. The monoisotopic (exact) mass is 388 g/mol. The Balaban J connectivity index is 1.27. The van der Waals surface area contributed by atoms with E-state index in [2.05, 4.69) is 5.32 Å². The number of furan rings is 1. The smallest absolute Gasteiger partial charge is 0.289 e. The van der Waals surface area contributed by atoms with E-state index in [1.807, 2.05) is 0 Å². The lowest BCUT2D eigenvalue weighted by Crippen LogP contribution is -2.43. The van der Waals surface area contributed by atoms with Crippen LogP contribution >= 0.6 is 0 Å². The van der Waals surface area contributed by atoms with Crippen LogP contribution in [0.25, 0.3) is 0 Å². The largest absolute Gasteiger partial charge is 0.494 e. The van der Waals surface area contributed by atoms with Crippen LogP contribution in [0.2, 0.25) is 0 Å². The fraction of sp³-hybridized carbons (Fsp3) is 0.429. The molecule has 0 bridgehead atoms. The number of rotatable bonds is 8.